The first-order chi connectivity index (χ1) is 12.9. The van der Waals surface area contributed by atoms with Crippen LogP contribution in [0.1, 0.15) is 16.7 Å². The van der Waals surface area contributed by atoms with Gasteiger partial charge in [-0.05, 0) is 48.2 Å². The quantitative estimate of drug-likeness (QED) is 0.748. The van der Waals surface area contributed by atoms with Gasteiger partial charge in [0.25, 0.3) is 0 Å². The normalized spacial score (nSPS) is 13.8. The molecule has 0 unspecified atom stereocenters. The van der Waals surface area contributed by atoms with Crippen LogP contribution < -0.4 is 14.8 Å². The highest BCUT2D eigenvalue weighted by Crippen LogP contribution is 2.40. The van der Waals surface area contributed by atoms with Gasteiger partial charge in [-0.3, -0.25) is 4.98 Å². The molecule has 0 radical (unpaired) electrons. The smallest absolute Gasteiger partial charge is 0.213 e. The average Bonchev–Trinajstić information content (AvgIpc) is 3.02. The maximum atomic E-state index is 11.4. The van der Waals surface area contributed by atoms with E-state index in [9.17, 15) is 8.42 Å². The third-order valence-electron chi connectivity index (χ3n) is 4.91. The molecule has 1 aliphatic rings. The second-order valence-electron chi connectivity index (χ2n) is 6.84. The predicted octanol–water partition coefficient (Wildman–Crippen LogP) is 3.03. The lowest BCUT2D eigenvalue weighted by Crippen LogP contribution is -2.16. The molecule has 2 heterocycles. The number of primary sulfonamides is 1. The summed E-state index contributed by atoms with van der Waals surface area (Å²) in [7, 11) is -1.89. The summed E-state index contributed by atoms with van der Waals surface area (Å²) in [5, 5.41) is 6.25. The molecule has 0 amide bonds. The van der Waals surface area contributed by atoms with Crippen molar-refractivity contribution in [2.24, 2.45) is 5.14 Å². The molecular weight excluding hydrogens is 362 g/mol. The molecule has 3 aromatic rings. The van der Waals surface area contributed by atoms with Gasteiger partial charge >= 0.3 is 0 Å². The number of anilines is 2. The third-order valence-corrected chi connectivity index (χ3v) is 5.64. The van der Waals surface area contributed by atoms with Crippen molar-refractivity contribution in [3.8, 4) is 5.75 Å². The molecule has 0 atom stereocenters. The van der Waals surface area contributed by atoms with Crippen LogP contribution >= 0.6 is 0 Å². The summed E-state index contributed by atoms with van der Waals surface area (Å²) in [5.41, 5.74) is 6.05. The Balaban J connectivity index is 1.80. The van der Waals surface area contributed by atoms with Gasteiger partial charge in [0.05, 0.1) is 24.1 Å². The second kappa shape index (κ2) is 6.51. The molecular formula is C20H21N3O3S. The van der Waals surface area contributed by atoms with E-state index in [1.807, 2.05) is 42.6 Å². The Hall–Kier alpha value is -2.64. The number of sulfonamides is 1. The number of rotatable bonds is 4. The van der Waals surface area contributed by atoms with E-state index in [0.717, 1.165) is 57.7 Å². The number of hydrogen-bond acceptors (Lipinski definition) is 5. The Morgan fingerprint density at radius 3 is 2.78 bits per heavy atom. The van der Waals surface area contributed by atoms with Gasteiger partial charge in [-0.15, -0.1) is 0 Å². The van der Waals surface area contributed by atoms with Crippen LogP contribution in [-0.2, 0) is 22.2 Å². The van der Waals surface area contributed by atoms with Crippen LogP contribution in [0.2, 0.25) is 0 Å². The van der Waals surface area contributed by atoms with Crippen LogP contribution in [0.25, 0.3) is 10.9 Å². The zero-order valence-electron chi connectivity index (χ0n) is 15.3. The third kappa shape index (κ3) is 3.36. The van der Waals surface area contributed by atoms with Crippen LogP contribution in [0.3, 0.4) is 0 Å². The number of aryl methyl sites for hydroxylation is 1. The van der Waals surface area contributed by atoms with Crippen LogP contribution in [0.15, 0.2) is 42.6 Å². The molecule has 2 aromatic carbocycles. The molecule has 6 nitrogen and oxygen atoms in total. The van der Waals surface area contributed by atoms with Crippen molar-refractivity contribution in [1.82, 2.24) is 4.98 Å². The topological polar surface area (TPSA) is 85.5 Å². The van der Waals surface area contributed by atoms with Crippen molar-refractivity contribution in [2.45, 2.75) is 19.1 Å². The Bertz CT molecular complexity index is 1140. The van der Waals surface area contributed by atoms with E-state index in [4.69, 9.17) is 9.88 Å². The first-order valence-corrected chi connectivity index (χ1v) is 10.4. The molecule has 2 N–H and O–H groups in total. The first kappa shape index (κ1) is 17.8. The molecule has 27 heavy (non-hydrogen) atoms. The van der Waals surface area contributed by atoms with Gasteiger partial charge in [-0.1, -0.05) is 12.1 Å². The van der Waals surface area contributed by atoms with Crippen LogP contribution in [-0.4, -0.2) is 27.1 Å². The molecule has 0 saturated carbocycles. The number of benzene rings is 2. The zero-order valence-corrected chi connectivity index (χ0v) is 16.1. The van der Waals surface area contributed by atoms with Gasteiger partial charge in [0, 0.05) is 29.9 Å². The summed E-state index contributed by atoms with van der Waals surface area (Å²) >= 11 is 0. The Labute approximate surface area is 158 Å². The number of pyridine rings is 1. The van der Waals surface area contributed by atoms with Crippen molar-refractivity contribution in [3.05, 3.63) is 59.3 Å². The highest BCUT2D eigenvalue weighted by Gasteiger charge is 2.24. The van der Waals surface area contributed by atoms with Crippen LogP contribution in [0.5, 0.6) is 5.75 Å². The summed E-state index contributed by atoms with van der Waals surface area (Å²) in [5.74, 6) is 0.636. The minimum Gasteiger partial charge on any atom is -0.497 e. The van der Waals surface area contributed by atoms with Gasteiger partial charge in [-0.2, -0.15) is 0 Å². The number of nitrogens with two attached hydrogens (primary N) is 1. The lowest BCUT2D eigenvalue weighted by molar-refractivity contribution is 0.415. The van der Waals surface area contributed by atoms with E-state index in [2.05, 4.69) is 16.8 Å². The maximum Gasteiger partial charge on any atom is 0.213 e. The minimum absolute atomic E-state index is 0.142. The minimum atomic E-state index is -3.54. The molecule has 7 heteroatoms. The number of fused-ring (bicyclic) bond motifs is 2. The lowest BCUT2D eigenvalue weighted by Gasteiger charge is -2.24. The molecule has 1 aliphatic heterocycles. The van der Waals surface area contributed by atoms with E-state index in [-0.39, 0.29) is 5.75 Å². The van der Waals surface area contributed by atoms with Crippen molar-refractivity contribution in [3.63, 3.8) is 0 Å². The molecule has 0 aliphatic carbocycles. The van der Waals surface area contributed by atoms with Crippen LogP contribution in [0, 0.1) is 6.92 Å². The molecule has 140 valence electrons. The van der Waals surface area contributed by atoms with Crippen molar-refractivity contribution in [1.29, 1.82) is 0 Å². The lowest BCUT2D eigenvalue weighted by atomic mass is 10.1. The van der Waals surface area contributed by atoms with Crippen LogP contribution in [0.4, 0.5) is 11.4 Å². The summed E-state index contributed by atoms with van der Waals surface area (Å²) < 4.78 is 28.1. The fourth-order valence-electron chi connectivity index (χ4n) is 3.75. The van der Waals surface area contributed by atoms with Crippen molar-refractivity contribution in [2.75, 3.05) is 18.6 Å². The summed E-state index contributed by atoms with van der Waals surface area (Å²) in [4.78, 5) is 6.82. The zero-order chi connectivity index (χ0) is 19.2. The van der Waals surface area contributed by atoms with E-state index < -0.39 is 10.0 Å². The van der Waals surface area contributed by atoms with Gasteiger partial charge in [0.1, 0.15) is 5.75 Å². The fourth-order valence-corrected chi connectivity index (χ4v) is 4.40. The highest BCUT2D eigenvalue weighted by molar-refractivity contribution is 7.88. The second-order valence-corrected chi connectivity index (χ2v) is 8.46. The van der Waals surface area contributed by atoms with E-state index in [0.29, 0.717) is 0 Å². The van der Waals surface area contributed by atoms with E-state index >= 15 is 0 Å². The van der Waals surface area contributed by atoms with Crippen molar-refractivity contribution < 1.29 is 13.2 Å². The van der Waals surface area contributed by atoms with E-state index in [1.54, 1.807) is 7.11 Å². The predicted molar refractivity (Wildman–Crippen MR) is 107 cm³/mol. The highest BCUT2D eigenvalue weighted by atomic mass is 32.2. The number of nitrogens with zero attached hydrogens (tertiary/aromatic N) is 2. The van der Waals surface area contributed by atoms with Gasteiger partial charge in [0.2, 0.25) is 10.0 Å². The monoisotopic (exact) mass is 383 g/mol. The number of methoxy groups -OCH3 is 1. The van der Waals surface area contributed by atoms with Gasteiger partial charge in [0.15, 0.2) is 0 Å². The largest absolute Gasteiger partial charge is 0.497 e. The standard InChI is InChI=1S/C20H21N3O3S/c1-13-11-22-18-10-16(26-2)4-5-17(18)20(13)23-8-7-15-9-14(3-6-19(15)23)12-27(21,24)25/h3-6,9-11H,7-8,12H2,1-2H3,(H2,21,24,25). The average molecular weight is 383 g/mol. The summed E-state index contributed by atoms with van der Waals surface area (Å²) in [6.07, 6.45) is 2.73. The Kier molecular flexibility index (Phi) is 4.28. The number of ether oxygens (including phenoxy) is 1. The Morgan fingerprint density at radius 2 is 2.04 bits per heavy atom. The maximum absolute atomic E-state index is 11.4. The molecule has 0 bridgehead atoms. The van der Waals surface area contributed by atoms with Gasteiger partial charge < -0.3 is 9.64 Å². The molecule has 0 spiro atoms. The molecule has 4 rings (SSSR count). The Morgan fingerprint density at radius 1 is 1.22 bits per heavy atom. The van der Waals surface area contributed by atoms with Gasteiger partial charge in [-0.25, -0.2) is 13.6 Å². The number of aromatic nitrogens is 1. The fraction of sp³-hybridized carbons (Fsp3) is 0.250. The first-order valence-electron chi connectivity index (χ1n) is 8.69. The summed E-state index contributed by atoms with van der Waals surface area (Å²) in [6.45, 7) is 2.89. The molecule has 1 aromatic heterocycles. The molecule has 0 fully saturated rings. The van der Waals surface area contributed by atoms with E-state index in [1.165, 1.54) is 0 Å². The molecule has 0 saturated heterocycles. The SMILES string of the molecule is COc1ccc2c(N3CCc4cc(CS(N)(=O)=O)ccc43)c(C)cnc2c1. The number of hydrogen-bond donors (Lipinski definition) is 1. The summed E-state index contributed by atoms with van der Waals surface area (Å²) in [6, 6.07) is 11.7. The van der Waals surface area contributed by atoms with Crippen molar-refractivity contribution >= 4 is 32.3 Å².